The second-order valence-electron chi connectivity index (χ2n) is 5.48. The van der Waals surface area contributed by atoms with Gasteiger partial charge >= 0.3 is 0 Å². The van der Waals surface area contributed by atoms with Crippen molar-refractivity contribution in [2.24, 2.45) is 0 Å². The van der Waals surface area contributed by atoms with Crippen molar-refractivity contribution in [3.63, 3.8) is 0 Å². The highest BCUT2D eigenvalue weighted by atomic mass is 35.5. The molecule has 1 fully saturated rings. The van der Waals surface area contributed by atoms with Gasteiger partial charge < -0.3 is 10.6 Å². The molecule has 0 aliphatic carbocycles. The van der Waals surface area contributed by atoms with Gasteiger partial charge in [0, 0.05) is 12.6 Å². The van der Waals surface area contributed by atoms with E-state index >= 15 is 0 Å². The van der Waals surface area contributed by atoms with Crippen molar-refractivity contribution in [3.05, 3.63) is 29.8 Å². The van der Waals surface area contributed by atoms with E-state index in [0.717, 1.165) is 25.9 Å². The lowest BCUT2D eigenvalue weighted by atomic mass is 10.1. The Labute approximate surface area is 143 Å². The molecule has 1 unspecified atom stereocenters. The zero-order chi connectivity index (χ0) is 16.0. The van der Waals surface area contributed by atoms with Crippen LogP contribution in [0.25, 0.3) is 0 Å². The van der Waals surface area contributed by atoms with Crippen molar-refractivity contribution >= 4 is 34.0 Å². The van der Waals surface area contributed by atoms with Gasteiger partial charge in [0.2, 0.25) is 10.0 Å². The van der Waals surface area contributed by atoms with Crippen LogP contribution in [-0.4, -0.2) is 39.2 Å². The highest BCUT2D eigenvalue weighted by molar-refractivity contribution is 7.92. The average Bonchev–Trinajstić information content (AvgIpc) is 2.48. The Morgan fingerprint density at radius 3 is 2.74 bits per heavy atom. The lowest BCUT2D eigenvalue weighted by Crippen LogP contribution is -2.45. The molecule has 23 heavy (non-hydrogen) atoms. The first-order valence-electron chi connectivity index (χ1n) is 7.63. The van der Waals surface area contributed by atoms with Gasteiger partial charge in [-0.1, -0.05) is 19.1 Å². The fourth-order valence-corrected chi connectivity index (χ4v) is 3.65. The molecule has 8 heteroatoms. The minimum Gasteiger partial charge on any atom is -0.348 e. The molecule has 1 aromatic carbocycles. The van der Waals surface area contributed by atoms with Gasteiger partial charge in [-0.25, -0.2) is 8.42 Å². The highest BCUT2D eigenvalue weighted by Crippen LogP contribution is 2.17. The summed E-state index contributed by atoms with van der Waals surface area (Å²) in [6.07, 6.45) is 2.48. The number of amides is 1. The first-order valence-corrected chi connectivity index (χ1v) is 9.28. The van der Waals surface area contributed by atoms with Crippen molar-refractivity contribution in [2.75, 3.05) is 23.6 Å². The predicted molar refractivity (Wildman–Crippen MR) is 94.7 cm³/mol. The first-order chi connectivity index (χ1) is 10.5. The number of para-hydroxylation sites is 1. The zero-order valence-electron chi connectivity index (χ0n) is 13.2. The first kappa shape index (κ1) is 19.7. The van der Waals surface area contributed by atoms with Gasteiger partial charge in [0.05, 0.1) is 17.0 Å². The van der Waals surface area contributed by atoms with Crippen LogP contribution in [0.3, 0.4) is 0 Å². The number of carbonyl (C=O) groups excluding carboxylic acids is 1. The van der Waals surface area contributed by atoms with Gasteiger partial charge in [0.1, 0.15) is 0 Å². The number of halogens is 1. The number of piperidine rings is 1. The molecule has 1 aliphatic heterocycles. The normalized spacial score (nSPS) is 17.9. The number of hydrogen-bond donors (Lipinski definition) is 3. The average molecular weight is 362 g/mol. The largest absolute Gasteiger partial charge is 0.348 e. The Morgan fingerprint density at radius 2 is 2.09 bits per heavy atom. The summed E-state index contributed by atoms with van der Waals surface area (Å²) in [5, 5.41) is 6.19. The number of anilines is 1. The Hall–Kier alpha value is -1.31. The van der Waals surface area contributed by atoms with Crippen LogP contribution in [0.1, 0.15) is 36.5 Å². The zero-order valence-corrected chi connectivity index (χ0v) is 14.8. The third kappa shape index (κ3) is 6.01. The summed E-state index contributed by atoms with van der Waals surface area (Å²) in [6, 6.07) is 6.77. The summed E-state index contributed by atoms with van der Waals surface area (Å²) in [7, 11) is -3.42. The number of benzene rings is 1. The van der Waals surface area contributed by atoms with E-state index in [2.05, 4.69) is 15.4 Å². The monoisotopic (exact) mass is 361 g/mol. The third-order valence-electron chi connectivity index (χ3n) is 3.54. The van der Waals surface area contributed by atoms with Crippen molar-refractivity contribution < 1.29 is 13.2 Å². The molecule has 3 N–H and O–H groups in total. The second kappa shape index (κ2) is 9.10. The smallest absolute Gasteiger partial charge is 0.253 e. The van der Waals surface area contributed by atoms with Crippen molar-refractivity contribution in [1.29, 1.82) is 0 Å². The molecule has 6 nitrogen and oxygen atoms in total. The van der Waals surface area contributed by atoms with Crippen LogP contribution in [-0.2, 0) is 10.0 Å². The van der Waals surface area contributed by atoms with Crippen molar-refractivity contribution in [3.8, 4) is 0 Å². The van der Waals surface area contributed by atoms with E-state index < -0.39 is 10.0 Å². The number of rotatable bonds is 6. The van der Waals surface area contributed by atoms with Gasteiger partial charge in [-0.3, -0.25) is 9.52 Å². The van der Waals surface area contributed by atoms with E-state index in [0.29, 0.717) is 17.7 Å². The lowest BCUT2D eigenvalue weighted by Gasteiger charge is -2.24. The summed E-state index contributed by atoms with van der Waals surface area (Å²) >= 11 is 0. The number of hydrogen-bond acceptors (Lipinski definition) is 4. The van der Waals surface area contributed by atoms with E-state index in [1.54, 1.807) is 31.2 Å². The molecule has 0 spiro atoms. The fraction of sp³-hybridized carbons (Fsp3) is 0.533. The van der Waals surface area contributed by atoms with Gasteiger partial charge in [-0.2, -0.15) is 0 Å². The summed E-state index contributed by atoms with van der Waals surface area (Å²) < 4.78 is 26.3. The van der Waals surface area contributed by atoms with Crippen molar-refractivity contribution in [2.45, 2.75) is 32.2 Å². The summed E-state index contributed by atoms with van der Waals surface area (Å²) in [5.74, 6) is -0.210. The van der Waals surface area contributed by atoms with E-state index in [9.17, 15) is 13.2 Å². The van der Waals surface area contributed by atoms with Crippen LogP contribution in [0, 0.1) is 0 Å². The molecule has 1 saturated heterocycles. The molecular formula is C15H24ClN3O3S. The van der Waals surface area contributed by atoms with Crippen LogP contribution >= 0.6 is 12.4 Å². The van der Waals surface area contributed by atoms with Crippen LogP contribution in [0.4, 0.5) is 5.69 Å². The Balaban J connectivity index is 0.00000264. The molecule has 0 bridgehead atoms. The van der Waals surface area contributed by atoms with Gasteiger partial charge in [-0.05, 0) is 37.9 Å². The van der Waals surface area contributed by atoms with Crippen molar-refractivity contribution in [1.82, 2.24) is 10.6 Å². The fourth-order valence-electron chi connectivity index (χ4n) is 2.50. The van der Waals surface area contributed by atoms with Crippen LogP contribution in [0.2, 0.25) is 0 Å². The van der Waals surface area contributed by atoms with Gasteiger partial charge in [-0.15, -0.1) is 12.4 Å². The standard InChI is InChI=1S/C15H23N3O3S.ClH/c1-2-10-22(20,21)18-14-8-4-3-7-13(14)15(19)17-12-6-5-9-16-11-12;/h3-4,7-8,12,16,18H,2,5-6,9-11H2,1H3,(H,17,19);1H. The summed E-state index contributed by atoms with van der Waals surface area (Å²) in [6.45, 7) is 3.52. The van der Waals surface area contributed by atoms with Crippen LogP contribution in [0.15, 0.2) is 24.3 Å². The maximum absolute atomic E-state index is 12.4. The molecule has 0 aromatic heterocycles. The number of carbonyl (C=O) groups is 1. The molecule has 2 rings (SSSR count). The molecule has 1 aromatic rings. The number of nitrogens with one attached hydrogen (secondary N) is 3. The molecule has 1 aliphatic rings. The van der Waals surface area contributed by atoms with E-state index in [-0.39, 0.29) is 30.1 Å². The van der Waals surface area contributed by atoms with E-state index in [1.165, 1.54) is 0 Å². The van der Waals surface area contributed by atoms with Gasteiger partial charge in [0.25, 0.3) is 5.91 Å². The van der Waals surface area contributed by atoms with Crippen LogP contribution in [0.5, 0.6) is 0 Å². The Morgan fingerprint density at radius 1 is 1.35 bits per heavy atom. The molecule has 0 radical (unpaired) electrons. The quantitative estimate of drug-likeness (QED) is 0.720. The second-order valence-corrected chi connectivity index (χ2v) is 7.33. The number of sulfonamides is 1. The minimum absolute atomic E-state index is 0. The molecule has 0 saturated carbocycles. The summed E-state index contributed by atoms with van der Waals surface area (Å²) in [4.78, 5) is 12.4. The maximum atomic E-state index is 12.4. The highest BCUT2D eigenvalue weighted by Gasteiger charge is 2.19. The van der Waals surface area contributed by atoms with E-state index in [4.69, 9.17) is 0 Å². The Bertz CT molecular complexity index is 616. The molecule has 1 amide bonds. The lowest BCUT2D eigenvalue weighted by molar-refractivity contribution is 0.0931. The van der Waals surface area contributed by atoms with E-state index in [1.807, 2.05) is 0 Å². The predicted octanol–water partition coefficient (Wildman–Crippen LogP) is 1.74. The Kier molecular flexibility index (Phi) is 7.81. The molecular weight excluding hydrogens is 338 g/mol. The summed E-state index contributed by atoms with van der Waals surface area (Å²) in [5.41, 5.74) is 0.685. The topological polar surface area (TPSA) is 87.3 Å². The van der Waals surface area contributed by atoms with Crippen LogP contribution < -0.4 is 15.4 Å². The molecule has 1 atom stereocenters. The molecule has 130 valence electrons. The molecule has 1 heterocycles. The third-order valence-corrected chi connectivity index (χ3v) is 5.02. The minimum atomic E-state index is -3.42. The maximum Gasteiger partial charge on any atom is 0.253 e. The SMILES string of the molecule is CCCS(=O)(=O)Nc1ccccc1C(=O)NC1CCCNC1.Cl. The van der Waals surface area contributed by atoms with Gasteiger partial charge in [0.15, 0.2) is 0 Å².